The molecule has 0 heterocycles. The molecule has 2 nitrogen and oxygen atoms in total. The van der Waals surface area contributed by atoms with Crippen molar-refractivity contribution < 1.29 is 36.4 Å². The Kier molecular flexibility index (Phi) is 15.5. The fourth-order valence-corrected chi connectivity index (χ4v) is 15.4. The van der Waals surface area contributed by atoms with Gasteiger partial charge in [-0.3, -0.25) is 0 Å². The summed E-state index contributed by atoms with van der Waals surface area (Å²) in [7, 11) is -7.26. The fraction of sp³-hybridized carbons (Fsp3) is 0.148. The number of aromatic hydroxyl groups is 2. The van der Waals surface area contributed by atoms with Gasteiger partial charge in [-0.1, -0.05) is 234 Å². The molecule has 0 radical (unpaired) electrons. The average Bonchev–Trinajstić information content (AvgIpc) is 3.23. The van der Waals surface area contributed by atoms with Crippen molar-refractivity contribution >= 4 is 85.0 Å². The molecule has 0 bridgehead atoms. The van der Waals surface area contributed by atoms with E-state index in [-0.39, 0.29) is 37.7 Å². The summed E-state index contributed by atoms with van der Waals surface area (Å²) in [5, 5.41) is 36.4. The molecule has 2 N–H and O–H groups in total. The van der Waals surface area contributed by atoms with Gasteiger partial charge < -0.3 is 23.3 Å². The largest absolute Gasteiger partial charge is 2.00 e. The van der Waals surface area contributed by atoms with Crippen molar-refractivity contribution in [1.82, 2.24) is 0 Å². The van der Waals surface area contributed by atoms with E-state index in [1.807, 2.05) is 36.4 Å². The van der Waals surface area contributed by atoms with Gasteiger partial charge in [-0.2, -0.15) is 0 Å². The first-order chi connectivity index (χ1) is 28.4. The third kappa shape index (κ3) is 10.8. The first-order valence-corrected chi connectivity index (χ1v) is 33.3. The van der Waals surface area contributed by atoms with Gasteiger partial charge in [-0.15, -0.1) is 16.1 Å². The van der Waals surface area contributed by atoms with E-state index in [1.54, 1.807) is 0 Å². The standard InChI is InChI=1S/C46H38O2Si2.2C4H11Si.Zr/c1-49(35-21-7-3-8-22-35,36-23-9-4-10-24-36)41-31-33-19-15-17-29-39(33)43(45(41)47)44-40-30-18-16-20-34(40)32-42(46(44)48)50(2,37-25-11-5-12-26-37)38-27-13-6-14-28-38;2*1-5(2,3)4;/h3-32,47-48H,1-2H3;2*1H2,2-4H3;/q;2*-1;+2. The van der Waals surface area contributed by atoms with E-state index in [2.05, 4.69) is 211 Å². The van der Waals surface area contributed by atoms with Gasteiger partial charge in [0.15, 0.2) is 0 Å². The first-order valence-electron chi connectivity index (χ1n) is 20.9. The van der Waals surface area contributed by atoms with Crippen LogP contribution in [0.5, 0.6) is 11.5 Å². The molecular weight excluding hydrogens is 884 g/mol. The number of hydrogen-bond acceptors (Lipinski definition) is 2. The Morgan fingerprint density at radius 3 is 0.803 bits per heavy atom. The number of fused-ring (bicyclic) bond motifs is 2. The Morgan fingerprint density at radius 2 is 0.557 bits per heavy atom. The Morgan fingerprint density at radius 1 is 0.344 bits per heavy atom. The molecule has 0 aliphatic rings. The van der Waals surface area contributed by atoms with Crippen molar-refractivity contribution in [2.75, 3.05) is 0 Å². The maximum Gasteiger partial charge on any atom is 2.00 e. The van der Waals surface area contributed by atoms with Crippen LogP contribution in [0.15, 0.2) is 182 Å². The minimum absolute atomic E-state index is 0. The van der Waals surface area contributed by atoms with E-state index in [0.717, 1.165) is 31.9 Å². The molecule has 0 atom stereocenters. The maximum absolute atomic E-state index is 12.9. The van der Waals surface area contributed by atoms with Crippen molar-refractivity contribution in [2.24, 2.45) is 0 Å². The van der Waals surface area contributed by atoms with Gasteiger partial charge in [0.25, 0.3) is 0 Å². The van der Waals surface area contributed by atoms with Crippen molar-refractivity contribution in [2.45, 2.75) is 52.4 Å². The van der Waals surface area contributed by atoms with Crippen molar-refractivity contribution in [3.05, 3.63) is 195 Å². The predicted octanol–water partition coefficient (Wildman–Crippen LogP) is 10.7. The second-order valence-corrected chi connectivity index (χ2v) is 36.7. The molecule has 7 heteroatoms. The van der Waals surface area contributed by atoms with Crippen LogP contribution in [0.25, 0.3) is 32.7 Å². The Labute approximate surface area is 388 Å². The van der Waals surface area contributed by atoms with E-state index < -0.39 is 32.3 Å². The number of benzene rings is 8. The Hall–Kier alpha value is -4.37. The number of phenolic OH excluding ortho intramolecular Hbond substituents is 2. The SMILES string of the molecule is C[Si](c1ccccc1)(c1ccccc1)c1cc2ccccc2c(-c2c(O)c([Si](C)(c3ccccc3)c3ccccc3)cc3ccccc23)c1O.[CH2-][Si](C)(C)C.[CH2-][Si](C)(C)C.[Zr+2]. The van der Waals surface area contributed by atoms with E-state index in [9.17, 15) is 10.2 Å². The smallest absolute Gasteiger partial charge is 0.507 e. The Balaban J connectivity index is 0.000000577. The zero-order valence-corrected chi connectivity index (χ0v) is 43.6. The molecular formula is C54H60O2Si4Zr. The van der Waals surface area contributed by atoms with E-state index in [4.69, 9.17) is 0 Å². The van der Waals surface area contributed by atoms with Gasteiger partial charge in [0.05, 0.1) is 0 Å². The molecule has 0 aliphatic carbocycles. The van der Waals surface area contributed by atoms with E-state index >= 15 is 0 Å². The summed E-state index contributed by atoms with van der Waals surface area (Å²) in [5.74, 6) is 0.455. The van der Waals surface area contributed by atoms with Crippen molar-refractivity contribution in [1.29, 1.82) is 0 Å². The van der Waals surface area contributed by atoms with Crippen LogP contribution in [-0.2, 0) is 26.2 Å². The second-order valence-electron chi connectivity index (χ2n) is 18.6. The van der Waals surface area contributed by atoms with Crippen LogP contribution in [-0.4, -0.2) is 42.5 Å². The summed E-state index contributed by atoms with van der Waals surface area (Å²) < 4.78 is 0. The van der Waals surface area contributed by atoms with Gasteiger partial charge in [-0.25, -0.2) is 0 Å². The zero-order chi connectivity index (χ0) is 43.3. The summed E-state index contributed by atoms with van der Waals surface area (Å²) in [5.41, 5.74) is 1.36. The summed E-state index contributed by atoms with van der Waals surface area (Å²) >= 11 is 0. The molecule has 8 aromatic carbocycles. The quantitative estimate of drug-likeness (QED) is 0.0950. The van der Waals surface area contributed by atoms with Crippen LogP contribution in [0, 0.1) is 13.1 Å². The zero-order valence-electron chi connectivity index (χ0n) is 37.1. The normalized spacial score (nSPS) is 11.8. The molecule has 0 aromatic heterocycles. The third-order valence-electron chi connectivity index (χ3n) is 10.8. The number of hydrogen-bond donors (Lipinski definition) is 2. The first kappa shape index (κ1) is 47.7. The molecule has 8 aromatic rings. The van der Waals surface area contributed by atoms with Crippen molar-refractivity contribution in [3.8, 4) is 22.6 Å². The summed E-state index contributed by atoms with van der Waals surface area (Å²) in [6.45, 7) is 25.8. The van der Waals surface area contributed by atoms with Crippen LogP contribution < -0.4 is 31.1 Å². The van der Waals surface area contributed by atoms with Gasteiger partial charge in [0.2, 0.25) is 0 Å². The fourth-order valence-electron chi connectivity index (χ4n) is 7.98. The van der Waals surface area contributed by atoms with Crippen LogP contribution in [0.3, 0.4) is 0 Å². The van der Waals surface area contributed by atoms with E-state index in [1.165, 1.54) is 20.7 Å². The number of phenols is 2. The summed E-state index contributed by atoms with van der Waals surface area (Å²) in [6, 6.07) is 63.4. The second kappa shape index (κ2) is 19.8. The van der Waals surface area contributed by atoms with Crippen LogP contribution in [0.4, 0.5) is 0 Å². The molecule has 0 unspecified atom stereocenters. The van der Waals surface area contributed by atoms with E-state index in [0.29, 0.717) is 11.1 Å². The summed E-state index contributed by atoms with van der Waals surface area (Å²) in [6.07, 6.45) is 0. The van der Waals surface area contributed by atoms with Crippen LogP contribution in [0.2, 0.25) is 52.4 Å². The molecule has 0 saturated carbocycles. The monoisotopic (exact) mass is 942 g/mol. The molecule has 0 aliphatic heterocycles. The van der Waals surface area contributed by atoms with Gasteiger partial charge in [0.1, 0.15) is 27.6 Å². The average molecular weight is 945 g/mol. The molecule has 0 amide bonds. The predicted molar refractivity (Wildman–Crippen MR) is 274 cm³/mol. The molecule has 61 heavy (non-hydrogen) atoms. The molecule has 8 rings (SSSR count). The molecule has 0 fully saturated rings. The molecule has 308 valence electrons. The summed E-state index contributed by atoms with van der Waals surface area (Å²) in [4.78, 5) is 0. The minimum Gasteiger partial charge on any atom is -0.507 e. The molecule has 0 saturated heterocycles. The third-order valence-corrected chi connectivity index (χ3v) is 19.6. The van der Waals surface area contributed by atoms with Crippen LogP contribution >= 0.6 is 0 Å². The topological polar surface area (TPSA) is 40.5 Å². The number of rotatable bonds is 7. The minimum atomic E-state index is -2.77. The van der Waals surface area contributed by atoms with Crippen LogP contribution in [0.1, 0.15) is 0 Å². The molecule has 0 spiro atoms. The Bertz CT molecular complexity index is 2400. The van der Waals surface area contributed by atoms with Gasteiger partial charge in [0, 0.05) is 11.1 Å². The maximum atomic E-state index is 12.9. The van der Waals surface area contributed by atoms with Gasteiger partial charge >= 0.3 is 26.2 Å². The van der Waals surface area contributed by atoms with Crippen molar-refractivity contribution in [3.63, 3.8) is 0 Å². The van der Waals surface area contributed by atoms with Gasteiger partial charge in [-0.05, 0) is 52.7 Å².